The third-order valence-electron chi connectivity index (χ3n) is 3.76. The minimum Gasteiger partial charge on any atom is -0.492 e. The Morgan fingerprint density at radius 2 is 1.88 bits per heavy atom. The van der Waals surface area contributed by atoms with Gasteiger partial charge in [-0.2, -0.15) is 0 Å². The molecule has 0 saturated carbocycles. The molecule has 25 heavy (non-hydrogen) atoms. The fourth-order valence-corrected chi connectivity index (χ4v) is 2.28. The fraction of sp³-hybridized carbons (Fsp3) is 0.278. The molecule has 2 aromatic carbocycles. The molecular weight excluding hydrogens is 350 g/mol. The highest BCUT2D eigenvalue weighted by Crippen LogP contribution is 2.19. The number of nitrogens with one attached hydrogen (secondary N) is 1. The van der Waals surface area contributed by atoms with Gasteiger partial charge in [0.25, 0.3) is 0 Å². The first-order chi connectivity index (χ1) is 11.9. The van der Waals surface area contributed by atoms with Crippen LogP contribution in [0.5, 0.6) is 5.75 Å². The zero-order chi connectivity index (χ0) is 18.4. The van der Waals surface area contributed by atoms with E-state index < -0.39 is 29.3 Å². The van der Waals surface area contributed by atoms with Crippen LogP contribution in [-0.4, -0.2) is 37.0 Å². The Morgan fingerprint density at radius 1 is 1.24 bits per heavy atom. The number of amides is 1. The van der Waals surface area contributed by atoms with E-state index in [-0.39, 0.29) is 0 Å². The van der Waals surface area contributed by atoms with Gasteiger partial charge in [-0.05, 0) is 44.3 Å². The van der Waals surface area contributed by atoms with E-state index in [1.807, 2.05) is 0 Å². The maximum atomic E-state index is 13.6. The molecule has 1 unspecified atom stereocenters. The van der Waals surface area contributed by atoms with Crippen molar-refractivity contribution in [2.24, 2.45) is 0 Å². The zero-order valence-electron chi connectivity index (χ0n) is 13.9. The van der Waals surface area contributed by atoms with Crippen LogP contribution in [0.1, 0.15) is 6.92 Å². The molecule has 134 valence electrons. The Balaban J connectivity index is 1.86. The first-order valence-corrected chi connectivity index (χ1v) is 8.09. The van der Waals surface area contributed by atoms with E-state index in [1.165, 1.54) is 6.07 Å². The number of halogens is 3. The molecule has 1 N–H and O–H groups in total. The predicted molar refractivity (Wildman–Crippen MR) is 94.0 cm³/mol. The van der Waals surface area contributed by atoms with Crippen LogP contribution < -0.4 is 10.1 Å². The standard InChI is InChI=1S/C18H19ClF2N2O2/c1-12(18(24)22-17-15(20)7-4-8-16(17)21)23(2)9-10-25-14-6-3-5-13(19)11-14/h3-8,11-12H,9-10H2,1-2H3,(H,22,24). The van der Waals surface area contributed by atoms with Gasteiger partial charge in [0.2, 0.25) is 5.91 Å². The number of ether oxygens (including phenoxy) is 1. The second kappa shape index (κ2) is 8.78. The summed E-state index contributed by atoms with van der Waals surface area (Å²) in [6.07, 6.45) is 0. The van der Waals surface area contributed by atoms with Gasteiger partial charge in [0, 0.05) is 11.6 Å². The third kappa shape index (κ3) is 5.41. The maximum Gasteiger partial charge on any atom is 0.241 e. The molecule has 0 aliphatic carbocycles. The molecule has 2 aromatic rings. The van der Waals surface area contributed by atoms with Crippen LogP contribution in [0.25, 0.3) is 0 Å². The number of carbonyl (C=O) groups excluding carboxylic acids is 1. The summed E-state index contributed by atoms with van der Waals surface area (Å²) in [7, 11) is 1.73. The summed E-state index contributed by atoms with van der Waals surface area (Å²) in [5, 5.41) is 2.86. The largest absolute Gasteiger partial charge is 0.492 e. The average molecular weight is 369 g/mol. The highest BCUT2D eigenvalue weighted by Gasteiger charge is 2.20. The molecule has 4 nitrogen and oxygen atoms in total. The number of hydrogen-bond donors (Lipinski definition) is 1. The monoisotopic (exact) mass is 368 g/mol. The number of para-hydroxylation sites is 1. The molecule has 0 aliphatic heterocycles. The van der Waals surface area contributed by atoms with Crippen LogP contribution in [0, 0.1) is 11.6 Å². The van der Waals surface area contributed by atoms with Gasteiger partial charge < -0.3 is 10.1 Å². The summed E-state index contributed by atoms with van der Waals surface area (Å²) >= 11 is 5.88. The van der Waals surface area contributed by atoms with Crippen LogP contribution in [0.2, 0.25) is 5.02 Å². The van der Waals surface area contributed by atoms with E-state index >= 15 is 0 Å². The molecule has 0 heterocycles. The normalized spacial score (nSPS) is 12.1. The van der Waals surface area contributed by atoms with Gasteiger partial charge in [-0.15, -0.1) is 0 Å². The van der Waals surface area contributed by atoms with Crippen molar-refractivity contribution >= 4 is 23.2 Å². The van der Waals surface area contributed by atoms with Crippen molar-refractivity contribution in [3.8, 4) is 5.75 Å². The third-order valence-corrected chi connectivity index (χ3v) is 4.00. The Morgan fingerprint density at radius 3 is 2.52 bits per heavy atom. The highest BCUT2D eigenvalue weighted by molar-refractivity contribution is 6.30. The van der Waals surface area contributed by atoms with Crippen molar-refractivity contribution in [1.82, 2.24) is 4.90 Å². The minimum atomic E-state index is -0.813. The number of carbonyl (C=O) groups is 1. The summed E-state index contributed by atoms with van der Waals surface area (Å²) in [6, 6.07) is 9.82. The number of rotatable bonds is 7. The van der Waals surface area contributed by atoms with E-state index in [4.69, 9.17) is 16.3 Å². The Hall–Kier alpha value is -2.18. The fourth-order valence-electron chi connectivity index (χ4n) is 2.10. The van der Waals surface area contributed by atoms with Gasteiger partial charge in [-0.25, -0.2) is 8.78 Å². The second-order valence-corrected chi connectivity index (χ2v) is 5.98. The van der Waals surface area contributed by atoms with Crippen molar-refractivity contribution in [3.63, 3.8) is 0 Å². The van der Waals surface area contributed by atoms with E-state index in [9.17, 15) is 13.6 Å². The molecule has 1 amide bonds. The van der Waals surface area contributed by atoms with Crippen LogP contribution in [0.3, 0.4) is 0 Å². The first kappa shape index (κ1) is 19.1. The molecule has 0 spiro atoms. The quantitative estimate of drug-likeness (QED) is 0.804. The van der Waals surface area contributed by atoms with Crippen LogP contribution in [-0.2, 0) is 4.79 Å². The van der Waals surface area contributed by atoms with Crippen LogP contribution >= 0.6 is 11.6 Å². The SMILES string of the molecule is CC(C(=O)Nc1c(F)cccc1F)N(C)CCOc1cccc(Cl)c1. The molecule has 0 aliphatic rings. The lowest BCUT2D eigenvalue weighted by atomic mass is 10.2. The minimum absolute atomic E-state index is 0.336. The second-order valence-electron chi connectivity index (χ2n) is 5.55. The summed E-state index contributed by atoms with van der Waals surface area (Å²) < 4.78 is 32.8. The Labute approximate surface area is 150 Å². The van der Waals surface area contributed by atoms with Crippen molar-refractivity contribution in [2.45, 2.75) is 13.0 Å². The van der Waals surface area contributed by atoms with Crippen LogP contribution in [0.15, 0.2) is 42.5 Å². The number of nitrogens with zero attached hydrogens (tertiary/aromatic N) is 1. The molecule has 7 heteroatoms. The van der Waals surface area contributed by atoms with Gasteiger partial charge >= 0.3 is 0 Å². The van der Waals surface area contributed by atoms with Gasteiger partial charge in [0.15, 0.2) is 0 Å². The van der Waals surface area contributed by atoms with Crippen molar-refractivity contribution in [3.05, 3.63) is 59.1 Å². The molecule has 0 fully saturated rings. The molecule has 0 aromatic heterocycles. The number of likely N-dealkylation sites (N-methyl/N-ethyl adjacent to an activating group) is 1. The lowest BCUT2D eigenvalue weighted by Crippen LogP contribution is -2.41. The van der Waals surface area contributed by atoms with Crippen molar-refractivity contribution in [2.75, 3.05) is 25.5 Å². The molecule has 0 bridgehead atoms. The number of hydrogen-bond acceptors (Lipinski definition) is 3. The summed E-state index contributed by atoms with van der Waals surface area (Å²) in [5.74, 6) is -1.50. The Kier molecular flexibility index (Phi) is 6.73. The molecular formula is C18H19ClF2N2O2. The van der Waals surface area contributed by atoms with Gasteiger partial charge in [0.1, 0.15) is 29.7 Å². The summed E-state index contributed by atoms with van der Waals surface area (Å²) in [4.78, 5) is 13.9. The zero-order valence-corrected chi connectivity index (χ0v) is 14.7. The van der Waals surface area contributed by atoms with Gasteiger partial charge in [-0.1, -0.05) is 23.7 Å². The molecule has 0 radical (unpaired) electrons. The smallest absolute Gasteiger partial charge is 0.241 e. The van der Waals surface area contributed by atoms with Gasteiger partial charge in [-0.3, -0.25) is 9.69 Å². The maximum absolute atomic E-state index is 13.6. The van der Waals surface area contributed by atoms with Crippen LogP contribution in [0.4, 0.5) is 14.5 Å². The van der Waals surface area contributed by atoms with Gasteiger partial charge in [0.05, 0.1) is 6.04 Å². The highest BCUT2D eigenvalue weighted by atomic mass is 35.5. The lowest BCUT2D eigenvalue weighted by Gasteiger charge is -2.24. The number of anilines is 1. The van der Waals surface area contributed by atoms with Crippen molar-refractivity contribution in [1.29, 1.82) is 0 Å². The summed E-state index contributed by atoms with van der Waals surface area (Å²) in [6.45, 7) is 2.43. The number of benzene rings is 2. The first-order valence-electron chi connectivity index (χ1n) is 7.72. The van der Waals surface area contributed by atoms with E-state index in [0.29, 0.717) is 23.9 Å². The van der Waals surface area contributed by atoms with E-state index in [0.717, 1.165) is 12.1 Å². The topological polar surface area (TPSA) is 41.6 Å². The summed E-state index contributed by atoms with van der Waals surface area (Å²) in [5.41, 5.74) is -0.442. The van der Waals surface area contributed by atoms with E-state index in [1.54, 1.807) is 43.1 Å². The molecule has 0 saturated heterocycles. The lowest BCUT2D eigenvalue weighted by molar-refractivity contribution is -0.120. The van der Waals surface area contributed by atoms with Crippen molar-refractivity contribution < 1.29 is 18.3 Å². The predicted octanol–water partition coefficient (Wildman–Crippen LogP) is 3.96. The molecule has 1 atom stereocenters. The van der Waals surface area contributed by atoms with E-state index in [2.05, 4.69) is 5.32 Å². The Bertz CT molecular complexity index is 723. The molecule has 2 rings (SSSR count). The average Bonchev–Trinajstić information content (AvgIpc) is 2.57.